The van der Waals surface area contributed by atoms with Crippen molar-refractivity contribution in [3.8, 4) is 84.6 Å². The van der Waals surface area contributed by atoms with Gasteiger partial charge >= 0.3 is 0 Å². The van der Waals surface area contributed by atoms with Gasteiger partial charge in [0.2, 0.25) is 0 Å². The van der Waals surface area contributed by atoms with Crippen LogP contribution in [0.25, 0.3) is 0 Å². The van der Waals surface area contributed by atoms with Crippen LogP contribution in [0.4, 0.5) is 0 Å². The Balaban J connectivity index is 4.44. The van der Waals surface area contributed by atoms with Gasteiger partial charge in [-0.3, -0.25) is 0 Å². The van der Waals surface area contributed by atoms with E-state index in [9.17, 15) is 0 Å². The first kappa shape index (κ1) is 42.4. The van der Waals surface area contributed by atoms with Gasteiger partial charge in [0.1, 0.15) is 16.1 Å². The first-order chi connectivity index (χ1) is 20.4. The minimum atomic E-state index is -1.69. The van der Waals surface area contributed by atoms with Crippen LogP contribution < -0.4 is 0 Å². The van der Waals surface area contributed by atoms with Crippen molar-refractivity contribution < 1.29 is 0 Å². The fraction of sp³-hybridized carbons (Fsp3) is 0.529. The van der Waals surface area contributed by atoms with Gasteiger partial charge in [-0.15, -0.1) is 11.1 Å². The molecule has 0 aliphatic carbocycles. The molecular formula is C34H42S7Si2. The molecular weight excluding hydrogens is 689 g/mol. The van der Waals surface area contributed by atoms with Crippen LogP contribution in [0.15, 0.2) is 0 Å². The van der Waals surface area contributed by atoms with E-state index in [1.165, 1.54) is 82.3 Å². The van der Waals surface area contributed by atoms with Gasteiger partial charge in [0, 0.05) is 82.3 Å². The third kappa shape index (κ3) is 16.0. The van der Waals surface area contributed by atoms with Crippen LogP contribution in [0.3, 0.4) is 0 Å². The molecule has 9 heteroatoms. The summed E-state index contributed by atoms with van der Waals surface area (Å²) in [4.78, 5) is 0. The van der Waals surface area contributed by atoms with Crippen LogP contribution in [0.1, 0.15) is 83.1 Å². The number of hydrogen-bond acceptors (Lipinski definition) is 7. The van der Waals surface area contributed by atoms with Gasteiger partial charge in [0.15, 0.2) is 0 Å². The monoisotopic (exact) mass is 730 g/mol. The number of hydrogen-bond donors (Lipinski definition) is 0. The van der Waals surface area contributed by atoms with Gasteiger partial charge in [-0.1, -0.05) is 83.1 Å². The van der Waals surface area contributed by atoms with Gasteiger partial charge in [0.05, 0.1) is 0 Å². The van der Waals surface area contributed by atoms with E-state index in [0.29, 0.717) is 33.2 Å². The van der Waals surface area contributed by atoms with Crippen LogP contribution in [-0.4, -0.2) is 16.1 Å². The molecule has 0 bridgehead atoms. The lowest BCUT2D eigenvalue weighted by molar-refractivity contribution is 0.838. The molecule has 0 heterocycles. The minimum absolute atomic E-state index is 0.625. The average Bonchev–Trinajstić information content (AvgIpc) is 2.91. The van der Waals surface area contributed by atoms with Crippen molar-refractivity contribution in [2.75, 3.05) is 0 Å². The summed E-state index contributed by atoms with van der Waals surface area (Å²) in [5.41, 5.74) is 11.1. The van der Waals surface area contributed by atoms with E-state index in [1.54, 1.807) is 0 Å². The van der Waals surface area contributed by atoms with Crippen molar-refractivity contribution in [2.45, 2.75) is 116 Å². The zero-order chi connectivity index (χ0) is 32.7. The molecule has 0 saturated carbocycles. The molecule has 0 rings (SSSR count). The van der Waals surface area contributed by atoms with E-state index in [0.717, 1.165) is 0 Å². The molecule has 0 aliphatic rings. The fourth-order valence-electron chi connectivity index (χ4n) is 5.52. The standard InChI is InChI=1S/C34H42S7Si2/c1-29(2)42(30(3)4,31(5)6)27-25-40-23-21-38-19-17-36-15-13-35-14-16-37-18-20-39-22-24-41-26-28-43(32(7)8,33(9)10)34(11)12/h29-34H,1-12H3. The highest BCUT2D eigenvalue weighted by molar-refractivity contribution is 8.14. The third-order valence-electron chi connectivity index (χ3n) is 7.23. The highest BCUT2D eigenvalue weighted by Crippen LogP contribution is 2.41. The van der Waals surface area contributed by atoms with Gasteiger partial charge in [0.25, 0.3) is 0 Å². The highest BCUT2D eigenvalue weighted by atomic mass is 32.2. The minimum Gasteiger partial charge on any atom is -0.118 e. The van der Waals surface area contributed by atoms with Crippen molar-refractivity contribution >= 4 is 98.5 Å². The summed E-state index contributed by atoms with van der Waals surface area (Å²) in [7, 11) is -3.38. The van der Waals surface area contributed by atoms with E-state index in [1.807, 2.05) is 0 Å². The summed E-state index contributed by atoms with van der Waals surface area (Å²) < 4.78 is 0. The molecule has 0 amide bonds. The van der Waals surface area contributed by atoms with Crippen molar-refractivity contribution in [3.63, 3.8) is 0 Å². The molecule has 0 aliphatic heterocycles. The predicted octanol–water partition coefficient (Wildman–Crippen LogP) is 12.0. The summed E-state index contributed by atoms with van der Waals surface area (Å²) in [5.74, 6) is 0. The molecule has 0 aromatic carbocycles. The Hall–Kier alpha value is -0.636. The molecule has 0 aromatic rings. The first-order valence-corrected chi connectivity index (χ1v) is 24.2. The van der Waals surface area contributed by atoms with E-state index in [-0.39, 0.29) is 0 Å². The molecule has 0 nitrogen and oxygen atoms in total. The first-order valence-electron chi connectivity index (χ1n) is 14.0. The largest absolute Gasteiger partial charge is 0.147 e. The van der Waals surface area contributed by atoms with E-state index < -0.39 is 16.1 Å². The Labute approximate surface area is 296 Å². The highest BCUT2D eigenvalue weighted by Gasteiger charge is 2.42. The molecule has 0 radical (unpaired) electrons. The molecule has 0 atom stereocenters. The molecule has 0 spiro atoms. The molecule has 0 N–H and O–H groups in total. The molecule has 0 saturated heterocycles. The second kappa shape index (κ2) is 24.6. The summed E-state index contributed by atoms with van der Waals surface area (Å²) in [6.07, 6.45) is 0. The van der Waals surface area contributed by atoms with Crippen LogP contribution in [0, 0.1) is 84.6 Å². The zero-order valence-corrected chi connectivity index (χ0v) is 35.0. The van der Waals surface area contributed by atoms with Crippen molar-refractivity contribution in [3.05, 3.63) is 0 Å². The molecule has 228 valence electrons. The summed E-state index contributed by atoms with van der Waals surface area (Å²) in [6.45, 7) is 27.8. The molecule has 0 aromatic heterocycles. The van der Waals surface area contributed by atoms with Gasteiger partial charge in [-0.2, -0.15) is 0 Å². The molecule has 43 heavy (non-hydrogen) atoms. The third-order valence-corrected chi connectivity index (χ3v) is 23.8. The summed E-state index contributed by atoms with van der Waals surface area (Å²) >= 11 is 8.95. The van der Waals surface area contributed by atoms with Gasteiger partial charge in [-0.05, 0) is 107 Å². The van der Waals surface area contributed by atoms with E-state index in [2.05, 4.69) is 168 Å². The topological polar surface area (TPSA) is 0 Å². The average molecular weight is 731 g/mol. The van der Waals surface area contributed by atoms with Crippen molar-refractivity contribution in [2.24, 2.45) is 0 Å². The Morgan fingerprint density at radius 3 is 0.535 bits per heavy atom. The quantitative estimate of drug-likeness (QED) is 0.195. The maximum atomic E-state index is 3.65. The summed E-state index contributed by atoms with van der Waals surface area (Å²) in [6, 6.07) is 0. The van der Waals surface area contributed by atoms with E-state index >= 15 is 0 Å². The molecule has 0 unspecified atom stereocenters. The predicted molar refractivity (Wildman–Crippen MR) is 217 cm³/mol. The zero-order valence-electron chi connectivity index (χ0n) is 27.3. The second-order valence-corrected chi connectivity index (χ2v) is 26.6. The fourth-order valence-corrected chi connectivity index (χ4v) is 19.4. The van der Waals surface area contributed by atoms with Crippen molar-refractivity contribution in [1.82, 2.24) is 0 Å². The SMILES string of the molecule is CC(C)[Si](C#CSC#CSC#CSC#CSC#CSC#CSC#CSC#C[Si](C(C)C)(C(C)C)C(C)C)(C(C)C)C(C)C. The smallest absolute Gasteiger partial charge is 0.118 e. The van der Waals surface area contributed by atoms with Crippen molar-refractivity contribution in [1.29, 1.82) is 0 Å². The normalized spacial score (nSPS) is 10.3. The van der Waals surface area contributed by atoms with E-state index in [4.69, 9.17) is 0 Å². The van der Waals surface area contributed by atoms with Crippen LogP contribution in [0.5, 0.6) is 0 Å². The Kier molecular flexibility index (Phi) is 24.2. The Morgan fingerprint density at radius 1 is 0.256 bits per heavy atom. The Morgan fingerprint density at radius 2 is 0.395 bits per heavy atom. The lowest BCUT2D eigenvalue weighted by Gasteiger charge is -2.37. The van der Waals surface area contributed by atoms with Gasteiger partial charge < -0.3 is 0 Å². The van der Waals surface area contributed by atoms with Gasteiger partial charge in [-0.25, -0.2) is 0 Å². The van der Waals surface area contributed by atoms with Crippen LogP contribution >= 0.6 is 82.3 Å². The lowest BCUT2D eigenvalue weighted by atomic mass is 10.5. The summed E-state index contributed by atoms with van der Waals surface area (Å²) in [5, 5.41) is 41.8. The van der Waals surface area contributed by atoms with Crippen LogP contribution in [0.2, 0.25) is 33.2 Å². The van der Waals surface area contributed by atoms with Crippen LogP contribution in [-0.2, 0) is 0 Å². The maximum Gasteiger partial charge on any atom is 0.147 e. The number of rotatable bonds is 6. The lowest BCUT2D eigenvalue weighted by Crippen LogP contribution is -2.43. The second-order valence-electron chi connectivity index (χ2n) is 11.2. The maximum absolute atomic E-state index is 3.65. The number of thioether (sulfide) groups is 7. The molecule has 0 fully saturated rings. The Bertz CT molecular complexity index is 1230.